The minimum Gasteiger partial charge on any atom is -0.484 e. The smallest absolute Gasteiger partial charge is 0.262 e. The highest BCUT2D eigenvalue weighted by molar-refractivity contribution is 9.10. The molecular formula is C22H17BrClNO3. The molecule has 0 unspecified atom stereocenters. The van der Waals surface area contributed by atoms with Gasteiger partial charge in [-0.15, -0.1) is 0 Å². The summed E-state index contributed by atoms with van der Waals surface area (Å²) in [6.45, 7) is 1.78. The number of anilines is 1. The molecule has 3 aromatic carbocycles. The highest BCUT2D eigenvalue weighted by atomic mass is 79.9. The van der Waals surface area contributed by atoms with Crippen molar-refractivity contribution in [3.8, 4) is 5.75 Å². The summed E-state index contributed by atoms with van der Waals surface area (Å²) in [5.41, 5.74) is 2.30. The Balaban J connectivity index is 1.73. The Kier molecular flexibility index (Phi) is 6.49. The molecule has 0 aliphatic carbocycles. The van der Waals surface area contributed by atoms with E-state index in [2.05, 4.69) is 21.2 Å². The first-order valence-corrected chi connectivity index (χ1v) is 9.69. The van der Waals surface area contributed by atoms with Crippen LogP contribution in [-0.2, 0) is 4.79 Å². The van der Waals surface area contributed by atoms with Crippen molar-refractivity contribution in [2.45, 2.75) is 6.92 Å². The van der Waals surface area contributed by atoms with Crippen LogP contribution in [0.25, 0.3) is 0 Å². The lowest BCUT2D eigenvalue weighted by Crippen LogP contribution is -2.21. The molecule has 1 N–H and O–H groups in total. The van der Waals surface area contributed by atoms with E-state index in [0.29, 0.717) is 27.6 Å². The molecule has 0 heterocycles. The standard InChI is InChI=1S/C22H17BrClNO3/c1-14-7-9-17(12-19(14)23)28-13-21(26)25-20-10-8-16(24)11-18(20)22(27)15-5-3-2-4-6-15/h2-12H,13H2,1H3,(H,25,26). The molecule has 0 saturated carbocycles. The molecular weight excluding hydrogens is 442 g/mol. The fourth-order valence-corrected chi connectivity index (χ4v) is 3.09. The van der Waals surface area contributed by atoms with Gasteiger partial charge in [0, 0.05) is 20.6 Å². The maximum Gasteiger partial charge on any atom is 0.262 e. The Morgan fingerprint density at radius 3 is 2.50 bits per heavy atom. The predicted molar refractivity (Wildman–Crippen MR) is 114 cm³/mol. The van der Waals surface area contributed by atoms with Crippen molar-refractivity contribution >= 4 is 44.9 Å². The van der Waals surface area contributed by atoms with Crippen LogP contribution in [0.4, 0.5) is 5.69 Å². The predicted octanol–water partition coefficient (Wildman–Crippen LogP) is 5.66. The Bertz CT molecular complexity index is 1020. The topological polar surface area (TPSA) is 55.4 Å². The van der Waals surface area contributed by atoms with E-state index < -0.39 is 0 Å². The summed E-state index contributed by atoms with van der Waals surface area (Å²) in [6, 6.07) is 19.1. The number of halogens is 2. The van der Waals surface area contributed by atoms with Crippen molar-refractivity contribution in [1.29, 1.82) is 0 Å². The largest absolute Gasteiger partial charge is 0.484 e. The summed E-state index contributed by atoms with van der Waals surface area (Å²) in [5, 5.41) is 3.14. The van der Waals surface area contributed by atoms with E-state index in [1.165, 1.54) is 0 Å². The van der Waals surface area contributed by atoms with Crippen LogP contribution < -0.4 is 10.1 Å². The summed E-state index contributed by atoms with van der Waals surface area (Å²) in [5.74, 6) is -0.0211. The Hall–Kier alpha value is -2.63. The molecule has 3 rings (SSSR count). The van der Waals surface area contributed by atoms with Crippen LogP contribution in [-0.4, -0.2) is 18.3 Å². The fraction of sp³-hybridized carbons (Fsp3) is 0.0909. The Morgan fingerprint density at radius 2 is 1.79 bits per heavy atom. The van der Waals surface area contributed by atoms with Gasteiger partial charge in [0.25, 0.3) is 5.91 Å². The quantitative estimate of drug-likeness (QED) is 0.485. The van der Waals surface area contributed by atoms with Gasteiger partial charge in [-0.1, -0.05) is 63.9 Å². The van der Waals surface area contributed by atoms with Gasteiger partial charge >= 0.3 is 0 Å². The molecule has 0 radical (unpaired) electrons. The van der Waals surface area contributed by atoms with Crippen molar-refractivity contribution in [2.75, 3.05) is 11.9 Å². The van der Waals surface area contributed by atoms with Gasteiger partial charge in [0.05, 0.1) is 5.69 Å². The molecule has 0 bridgehead atoms. The van der Waals surface area contributed by atoms with E-state index in [0.717, 1.165) is 10.0 Å². The maximum atomic E-state index is 12.8. The van der Waals surface area contributed by atoms with Crippen molar-refractivity contribution in [3.63, 3.8) is 0 Å². The molecule has 0 aliphatic rings. The van der Waals surface area contributed by atoms with E-state index in [-0.39, 0.29) is 18.3 Å². The van der Waals surface area contributed by atoms with Crippen LogP contribution in [0.3, 0.4) is 0 Å². The zero-order chi connectivity index (χ0) is 20.1. The second-order valence-corrected chi connectivity index (χ2v) is 7.42. The van der Waals surface area contributed by atoms with Gasteiger partial charge in [-0.05, 0) is 42.8 Å². The molecule has 0 atom stereocenters. The second kappa shape index (κ2) is 9.04. The summed E-state index contributed by atoms with van der Waals surface area (Å²) < 4.78 is 6.43. The molecule has 4 nitrogen and oxygen atoms in total. The molecule has 0 aromatic heterocycles. The van der Waals surface area contributed by atoms with Crippen molar-refractivity contribution in [2.24, 2.45) is 0 Å². The van der Waals surface area contributed by atoms with Crippen molar-refractivity contribution < 1.29 is 14.3 Å². The summed E-state index contributed by atoms with van der Waals surface area (Å²) in [4.78, 5) is 25.1. The number of hydrogen-bond acceptors (Lipinski definition) is 3. The number of benzene rings is 3. The van der Waals surface area contributed by atoms with E-state index >= 15 is 0 Å². The molecule has 142 valence electrons. The van der Waals surface area contributed by atoms with Crippen molar-refractivity contribution in [3.05, 3.63) is 92.9 Å². The van der Waals surface area contributed by atoms with E-state index in [1.54, 1.807) is 54.6 Å². The summed E-state index contributed by atoms with van der Waals surface area (Å²) >= 11 is 9.49. The van der Waals surface area contributed by atoms with Crippen molar-refractivity contribution in [1.82, 2.24) is 0 Å². The molecule has 6 heteroatoms. The fourth-order valence-electron chi connectivity index (χ4n) is 2.56. The molecule has 0 saturated heterocycles. The number of amides is 1. The van der Waals surface area contributed by atoms with Gasteiger partial charge in [0.15, 0.2) is 12.4 Å². The van der Waals surface area contributed by atoms with Crippen LogP contribution in [0, 0.1) is 6.92 Å². The number of carbonyl (C=O) groups is 2. The summed E-state index contributed by atoms with van der Waals surface area (Å²) in [7, 11) is 0. The Morgan fingerprint density at radius 1 is 1.04 bits per heavy atom. The van der Waals surface area contributed by atoms with Crippen LogP contribution in [0.15, 0.2) is 71.2 Å². The first-order chi connectivity index (χ1) is 13.4. The SMILES string of the molecule is Cc1ccc(OCC(=O)Nc2ccc(Cl)cc2C(=O)c2ccccc2)cc1Br. The zero-order valence-electron chi connectivity index (χ0n) is 15.0. The average Bonchev–Trinajstić information content (AvgIpc) is 2.70. The number of hydrogen-bond donors (Lipinski definition) is 1. The van der Waals surface area contributed by atoms with Crippen LogP contribution in [0.1, 0.15) is 21.5 Å². The van der Waals surface area contributed by atoms with Gasteiger partial charge in [0.1, 0.15) is 5.75 Å². The minimum absolute atomic E-state index is 0.183. The molecule has 0 fully saturated rings. The van der Waals surface area contributed by atoms with Crippen LogP contribution >= 0.6 is 27.5 Å². The number of ketones is 1. The minimum atomic E-state index is -0.374. The number of rotatable bonds is 6. The third-order valence-corrected chi connectivity index (χ3v) is 5.14. The van der Waals surface area contributed by atoms with Gasteiger partial charge in [0.2, 0.25) is 0 Å². The lowest BCUT2D eigenvalue weighted by Gasteiger charge is -2.12. The number of ether oxygens (including phenoxy) is 1. The number of aryl methyl sites for hydroxylation is 1. The summed E-state index contributed by atoms with van der Waals surface area (Å²) in [6.07, 6.45) is 0. The average molecular weight is 459 g/mol. The van der Waals surface area contributed by atoms with Gasteiger partial charge < -0.3 is 10.1 Å². The van der Waals surface area contributed by atoms with Gasteiger partial charge in [-0.3, -0.25) is 9.59 Å². The van der Waals surface area contributed by atoms with Crippen LogP contribution in [0.5, 0.6) is 5.75 Å². The lowest BCUT2D eigenvalue weighted by atomic mass is 10.0. The first-order valence-electron chi connectivity index (χ1n) is 8.52. The molecule has 1 amide bonds. The number of nitrogens with one attached hydrogen (secondary N) is 1. The molecule has 0 aliphatic heterocycles. The normalized spacial score (nSPS) is 10.4. The zero-order valence-corrected chi connectivity index (χ0v) is 17.4. The molecule has 28 heavy (non-hydrogen) atoms. The van der Waals surface area contributed by atoms with E-state index in [4.69, 9.17) is 16.3 Å². The maximum absolute atomic E-state index is 12.8. The van der Waals surface area contributed by atoms with Gasteiger partial charge in [-0.25, -0.2) is 0 Å². The highest BCUT2D eigenvalue weighted by Crippen LogP contribution is 2.25. The second-order valence-electron chi connectivity index (χ2n) is 6.13. The first kappa shape index (κ1) is 20.1. The third-order valence-electron chi connectivity index (χ3n) is 4.05. The van der Waals surface area contributed by atoms with Crippen LogP contribution in [0.2, 0.25) is 5.02 Å². The molecule has 3 aromatic rings. The van der Waals surface area contributed by atoms with E-state index in [9.17, 15) is 9.59 Å². The molecule has 0 spiro atoms. The highest BCUT2D eigenvalue weighted by Gasteiger charge is 2.16. The lowest BCUT2D eigenvalue weighted by molar-refractivity contribution is -0.118. The Labute approximate surface area is 176 Å². The third kappa shape index (κ3) is 5.00. The van der Waals surface area contributed by atoms with Gasteiger partial charge in [-0.2, -0.15) is 0 Å². The van der Waals surface area contributed by atoms with E-state index in [1.807, 2.05) is 19.1 Å². The monoisotopic (exact) mass is 457 g/mol. The number of carbonyl (C=O) groups excluding carboxylic acids is 2.